The summed E-state index contributed by atoms with van der Waals surface area (Å²) in [5.41, 5.74) is 14.2. The number of hydrogen-bond donors (Lipinski definition) is 0. The first kappa shape index (κ1) is 50.3. The zero-order valence-corrected chi connectivity index (χ0v) is 45.8. The van der Waals surface area contributed by atoms with Gasteiger partial charge in [-0.3, -0.25) is 0 Å². The topological polar surface area (TPSA) is 33.5 Å². The van der Waals surface area contributed by atoms with Gasteiger partial charge >= 0.3 is 0 Å². The van der Waals surface area contributed by atoms with Gasteiger partial charge in [0, 0.05) is 55.4 Å². The third-order valence-electron chi connectivity index (χ3n) is 14.7. The van der Waals surface area contributed by atoms with Crippen molar-refractivity contribution in [3.05, 3.63) is 234 Å². The Labute approximate surface area is 442 Å². The van der Waals surface area contributed by atoms with E-state index in [2.05, 4.69) is 279 Å². The molecule has 0 saturated carbocycles. The van der Waals surface area contributed by atoms with Gasteiger partial charge in [0.15, 0.2) is 0 Å². The molecule has 0 radical (unpaired) electrons. The van der Waals surface area contributed by atoms with Crippen LogP contribution in [0.2, 0.25) is 0 Å². The van der Waals surface area contributed by atoms with Crippen molar-refractivity contribution in [1.82, 2.24) is 9.55 Å². The number of para-hydroxylation sites is 1. The van der Waals surface area contributed by atoms with Gasteiger partial charge in [0.1, 0.15) is 5.82 Å². The van der Waals surface area contributed by atoms with E-state index >= 15 is 0 Å². The van der Waals surface area contributed by atoms with Gasteiger partial charge in [-0.1, -0.05) is 196 Å². The van der Waals surface area contributed by atoms with Crippen LogP contribution in [-0.2, 0) is 37.3 Å². The fraction of sp³-hybridized carbons (Fsp3) is 0.242. The Kier molecular flexibility index (Phi) is 13.8. The summed E-state index contributed by atoms with van der Waals surface area (Å²) >= 11 is 0. The van der Waals surface area contributed by atoms with Crippen LogP contribution in [0.3, 0.4) is 0 Å². The summed E-state index contributed by atoms with van der Waals surface area (Å²) in [6, 6.07) is 64.4. The van der Waals surface area contributed by atoms with Crippen molar-refractivity contribution in [3.63, 3.8) is 0 Å². The molecule has 9 aromatic rings. The molecular formula is C66H65N4OPt-3. The molecule has 72 heavy (non-hydrogen) atoms. The van der Waals surface area contributed by atoms with Crippen LogP contribution in [0.15, 0.2) is 176 Å². The van der Waals surface area contributed by atoms with Crippen LogP contribution in [0.1, 0.15) is 127 Å². The molecule has 3 heterocycles. The summed E-state index contributed by atoms with van der Waals surface area (Å²) in [6.07, 6.45) is 6.17. The first-order valence-electron chi connectivity index (χ1n) is 25.2. The molecule has 0 saturated heterocycles. The Morgan fingerprint density at radius 1 is 0.556 bits per heavy atom. The van der Waals surface area contributed by atoms with Crippen LogP contribution in [0, 0.1) is 18.8 Å². The second-order valence-corrected chi connectivity index (χ2v) is 21.9. The minimum absolute atomic E-state index is 0. The fourth-order valence-electron chi connectivity index (χ4n) is 10.4. The Bertz CT molecular complexity index is 3410. The minimum atomic E-state index is -0.436. The average molecular weight is 1130 g/mol. The van der Waals surface area contributed by atoms with Gasteiger partial charge in [-0.2, -0.15) is 0 Å². The van der Waals surface area contributed by atoms with Crippen LogP contribution in [0.4, 0.5) is 11.4 Å². The number of fused-ring (bicyclic) bond motifs is 3. The van der Waals surface area contributed by atoms with E-state index in [-0.39, 0.29) is 31.9 Å². The maximum absolute atomic E-state index is 7.29. The van der Waals surface area contributed by atoms with Crippen molar-refractivity contribution in [2.45, 2.75) is 104 Å². The van der Waals surface area contributed by atoms with Gasteiger partial charge in [-0.05, 0) is 110 Å². The fourth-order valence-corrected chi connectivity index (χ4v) is 10.4. The van der Waals surface area contributed by atoms with Crippen molar-refractivity contribution in [2.75, 3.05) is 9.80 Å². The molecule has 0 atom stereocenters. The number of ether oxygens (including phenoxy) is 1. The van der Waals surface area contributed by atoms with Crippen LogP contribution in [0.25, 0.3) is 38.8 Å². The molecule has 1 aliphatic heterocycles. The van der Waals surface area contributed by atoms with E-state index in [0.29, 0.717) is 23.3 Å². The molecule has 0 amide bonds. The van der Waals surface area contributed by atoms with Gasteiger partial charge in [0.25, 0.3) is 0 Å². The molecule has 368 valence electrons. The summed E-state index contributed by atoms with van der Waals surface area (Å²) in [4.78, 5) is 9.45. The molecule has 5 nitrogen and oxygen atoms in total. The van der Waals surface area contributed by atoms with E-state index in [1.54, 1.807) is 0 Å². The Hall–Kier alpha value is -6.68. The van der Waals surface area contributed by atoms with Gasteiger partial charge in [0.05, 0.1) is 0 Å². The zero-order chi connectivity index (χ0) is 49.8. The normalized spacial score (nSPS) is 13.2. The minimum Gasteiger partial charge on any atom is -0.509 e. The second-order valence-electron chi connectivity index (χ2n) is 21.9. The molecule has 10 rings (SSSR count). The number of anilines is 2. The third-order valence-corrected chi connectivity index (χ3v) is 14.7. The average Bonchev–Trinajstić information content (AvgIpc) is 4.00. The Morgan fingerprint density at radius 2 is 1.15 bits per heavy atom. The van der Waals surface area contributed by atoms with Crippen LogP contribution in [-0.4, -0.2) is 9.55 Å². The number of pyridine rings is 1. The summed E-state index contributed by atoms with van der Waals surface area (Å²) in [7, 11) is 0. The quantitative estimate of drug-likeness (QED) is 0.114. The number of benzene rings is 7. The second kappa shape index (κ2) is 19.7. The van der Waals surface area contributed by atoms with Crippen molar-refractivity contribution in [3.8, 4) is 28.4 Å². The molecule has 7 aromatic carbocycles. The predicted octanol–water partition coefficient (Wildman–Crippen LogP) is 17.3. The molecule has 0 bridgehead atoms. The van der Waals surface area contributed by atoms with Crippen molar-refractivity contribution in [1.29, 1.82) is 0 Å². The molecular weight excluding hydrogens is 1060 g/mol. The van der Waals surface area contributed by atoms with Gasteiger partial charge in [-0.15, -0.1) is 53.8 Å². The summed E-state index contributed by atoms with van der Waals surface area (Å²) < 4.78 is 9.56. The molecule has 2 aromatic heterocycles. The van der Waals surface area contributed by atoms with E-state index in [1.165, 1.54) is 38.9 Å². The molecule has 0 spiro atoms. The number of nitrogens with zero attached hydrogens (tertiary/aromatic N) is 4. The number of aromatic nitrogens is 2. The largest absolute Gasteiger partial charge is 0.509 e. The smallest absolute Gasteiger partial charge is 0.135 e. The third kappa shape index (κ3) is 9.45. The van der Waals surface area contributed by atoms with Crippen LogP contribution >= 0.6 is 0 Å². The predicted molar refractivity (Wildman–Crippen MR) is 297 cm³/mol. The van der Waals surface area contributed by atoms with Crippen molar-refractivity contribution < 1.29 is 25.8 Å². The Balaban J connectivity index is 0.00000640. The standard InChI is InChI=1S/C66H65N4O.Pt/c1-44(2)55-29-21-30-56(45(3)4)62(55)46-36-52(69-35-34-68(43-69)51-27-20-26-49(38-51)64(5,6)7)40-53(37-46)71-54-41-58(66(10,11)48-24-16-13-17-25-48)63-57-28-18-19-31-59(57)70(60(63)42-54)61-39-50(32-33-67-61)65(8,9)47-22-14-12-15-23-47;/h12-39,41,43-45H,1-11H3;/q-3;. The summed E-state index contributed by atoms with van der Waals surface area (Å²) in [6.45, 7) is 27.2. The van der Waals surface area contributed by atoms with E-state index in [4.69, 9.17) is 9.72 Å². The maximum Gasteiger partial charge on any atom is 0.135 e. The molecule has 0 aliphatic carbocycles. The SMILES string of the molecule is CC(C)c1cccc(C(C)C)c1-c1cc(Oc2[c-]c3c(c(C(C)(C)c4ccccc4)c2)c2ccccc2n3-c2cc(C(C)(C)c3ccccc3)ccn2)[c-]c(N2C=CN(c3cccc(C(C)(C)C)c3)[CH-]2)c1.[Pt]. The van der Waals surface area contributed by atoms with Crippen LogP contribution < -0.4 is 14.5 Å². The van der Waals surface area contributed by atoms with Crippen LogP contribution in [0.5, 0.6) is 11.5 Å². The van der Waals surface area contributed by atoms with E-state index < -0.39 is 5.41 Å². The van der Waals surface area contributed by atoms with Gasteiger partial charge in [0.2, 0.25) is 0 Å². The van der Waals surface area contributed by atoms with E-state index in [9.17, 15) is 0 Å². The maximum atomic E-state index is 7.29. The number of rotatable bonds is 12. The molecule has 6 heteroatoms. The van der Waals surface area contributed by atoms with Gasteiger partial charge in [-0.25, -0.2) is 4.98 Å². The first-order valence-corrected chi connectivity index (χ1v) is 25.2. The summed E-state index contributed by atoms with van der Waals surface area (Å²) in [5.74, 6) is 2.63. The summed E-state index contributed by atoms with van der Waals surface area (Å²) in [5, 5.41) is 2.25. The van der Waals surface area contributed by atoms with Gasteiger partial charge < -0.3 is 19.1 Å². The Morgan fingerprint density at radius 3 is 1.82 bits per heavy atom. The molecule has 0 fully saturated rings. The van der Waals surface area contributed by atoms with E-state index in [0.717, 1.165) is 50.1 Å². The van der Waals surface area contributed by atoms with Crippen molar-refractivity contribution >= 4 is 33.2 Å². The van der Waals surface area contributed by atoms with E-state index in [1.807, 2.05) is 6.20 Å². The van der Waals surface area contributed by atoms with Crippen molar-refractivity contribution in [2.24, 2.45) is 0 Å². The monoisotopic (exact) mass is 1120 g/mol. The molecule has 0 unspecified atom stereocenters. The number of hydrogen-bond acceptors (Lipinski definition) is 4. The zero-order valence-electron chi connectivity index (χ0n) is 43.5. The molecule has 1 aliphatic rings. The molecule has 0 N–H and O–H groups in total. The first-order chi connectivity index (χ1) is 34.0.